The SMILES string of the molecule is O=C(Nc1ccccc1)N1Cc2cc(Br)ccc2[C@@]2(C[NH2+]CC2C(=O)N2CC[C@@H](c3ccccc3)C[C@H]2C2CCCCC2)C1. The fourth-order valence-corrected chi connectivity index (χ4v) is 9.29. The highest BCUT2D eigenvalue weighted by Crippen LogP contribution is 2.45. The minimum absolute atomic E-state index is 0.108. The van der Waals surface area contributed by atoms with Crippen LogP contribution in [-0.4, -0.2) is 54.0 Å². The number of anilines is 1. The molecule has 4 atom stereocenters. The molecule has 7 heteroatoms. The standard InChI is InChI=1S/C37H43BrN4O2/c38-30-16-17-32-29(20-30)23-41(36(44)40-31-14-8-3-9-15-31)25-37(32)24-39-22-33(37)35(43)42-19-18-28(26-10-4-1-5-11-26)21-34(42)27-12-6-2-7-13-27/h1,3-5,8-11,14-17,20,27-28,33-34,39H,2,6-7,12-13,18-19,21-25H2,(H,40,44)/p+1/t28-,33?,34+,37-/m1/s1. The van der Waals surface area contributed by atoms with E-state index in [0.717, 1.165) is 48.2 Å². The van der Waals surface area contributed by atoms with E-state index in [2.05, 4.69) is 80.0 Å². The van der Waals surface area contributed by atoms with Crippen LogP contribution in [0.5, 0.6) is 0 Å². The van der Waals surface area contributed by atoms with Crippen LogP contribution in [0.3, 0.4) is 0 Å². The molecule has 4 aliphatic rings. The van der Waals surface area contributed by atoms with Crippen molar-refractivity contribution in [1.82, 2.24) is 9.80 Å². The maximum Gasteiger partial charge on any atom is 0.322 e. The number of nitrogens with one attached hydrogen (secondary N) is 1. The maximum absolute atomic E-state index is 15.0. The zero-order valence-corrected chi connectivity index (χ0v) is 27.1. The molecule has 3 fully saturated rings. The number of nitrogens with zero attached hydrogens (tertiary/aromatic N) is 2. The highest BCUT2D eigenvalue weighted by atomic mass is 79.9. The first-order valence-corrected chi connectivity index (χ1v) is 17.4. The van der Waals surface area contributed by atoms with Gasteiger partial charge in [0.25, 0.3) is 0 Å². The van der Waals surface area contributed by atoms with Crippen molar-refractivity contribution in [2.75, 3.05) is 31.5 Å². The number of quaternary nitrogens is 1. The van der Waals surface area contributed by atoms with Gasteiger partial charge >= 0.3 is 6.03 Å². The number of halogens is 1. The van der Waals surface area contributed by atoms with Gasteiger partial charge in [0.1, 0.15) is 5.92 Å². The lowest BCUT2D eigenvalue weighted by Crippen LogP contribution is -2.83. The molecule has 1 aliphatic carbocycles. The lowest BCUT2D eigenvalue weighted by atomic mass is 9.67. The molecular formula is C37H44BrN4O2+. The van der Waals surface area contributed by atoms with E-state index in [1.165, 1.54) is 43.2 Å². The predicted molar refractivity (Wildman–Crippen MR) is 177 cm³/mol. The van der Waals surface area contributed by atoms with E-state index in [1.54, 1.807) is 0 Å². The van der Waals surface area contributed by atoms with Crippen LogP contribution < -0.4 is 10.6 Å². The number of carbonyl (C=O) groups is 2. The fourth-order valence-electron chi connectivity index (χ4n) is 8.88. The lowest BCUT2D eigenvalue weighted by Gasteiger charge is -2.48. The number of piperidine rings is 1. The summed E-state index contributed by atoms with van der Waals surface area (Å²) in [6.07, 6.45) is 8.37. The van der Waals surface area contributed by atoms with E-state index >= 15 is 0 Å². The van der Waals surface area contributed by atoms with Crippen LogP contribution in [0.25, 0.3) is 0 Å². The monoisotopic (exact) mass is 655 g/mol. The molecule has 7 rings (SSSR count). The summed E-state index contributed by atoms with van der Waals surface area (Å²) in [5, 5.41) is 5.43. The lowest BCUT2D eigenvalue weighted by molar-refractivity contribution is -0.640. The first-order valence-electron chi connectivity index (χ1n) is 16.6. The van der Waals surface area contributed by atoms with Crippen LogP contribution in [0.4, 0.5) is 10.5 Å². The van der Waals surface area contributed by atoms with Crippen molar-refractivity contribution in [2.45, 2.75) is 68.9 Å². The Kier molecular flexibility index (Phi) is 8.52. The number of urea groups is 1. The topological polar surface area (TPSA) is 69.3 Å². The molecule has 3 amide bonds. The summed E-state index contributed by atoms with van der Waals surface area (Å²) in [4.78, 5) is 33.0. The van der Waals surface area contributed by atoms with Gasteiger partial charge in [-0.05, 0) is 78.5 Å². The van der Waals surface area contributed by atoms with Gasteiger partial charge in [0.2, 0.25) is 5.91 Å². The van der Waals surface area contributed by atoms with Crippen LogP contribution in [0, 0.1) is 11.8 Å². The Morgan fingerprint density at radius 2 is 1.66 bits per heavy atom. The molecule has 3 heterocycles. The molecule has 3 N–H and O–H groups in total. The third-order valence-corrected chi connectivity index (χ3v) is 11.5. The molecule has 0 aromatic heterocycles. The molecule has 6 nitrogen and oxygen atoms in total. The number of amides is 3. The summed E-state index contributed by atoms with van der Waals surface area (Å²) in [6, 6.07) is 27.2. The third kappa shape index (κ3) is 5.69. The highest BCUT2D eigenvalue weighted by Gasteiger charge is 2.57. The van der Waals surface area contributed by atoms with E-state index in [1.807, 2.05) is 35.2 Å². The summed E-state index contributed by atoms with van der Waals surface area (Å²) in [7, 11) is 0. The quantitative estimate of drug-likeness (QED) is 0.347. The second-order valence-electron chi connectivity index (χ2n) is 13.5. The van der Waals surface area contributed by atoms with Gasteiger partial charge in [-0.1, -0.05) is 89.8 Å². The summed E-state index contributed by atoms with van der Waals surface area (Å²) in [5.74, 6) is 1.21. The summed E-state index contributed by atoms with van der Waals surface area (Å²) < 4.78 is 1.00. The number of hydrogen-bond acceptors (Lipinski definition) is 2. The van der Waals surface area contributed by atoms with Crippen molar-refractivity contribution < 1.29 is 14.9 Å². The van der Waals surface area contributed by atoms with Gasteiger partial charge in [0.05, 0.1) is 18.5 Å². The van der Waals surface area contributed by atoms with E-state index in [4.69, 9.17) is 0 Å². The Balaban J connectivity index is 1.20. The smallest absolute Gasteiger partial charge is 0.322 e. The summed E-state index contributed by atoms with van der Waals surface area (Å²) in [5.41, 5.74) is 4.15. The molecular weight excluding hydrogens is 612 g/mol. The molecule has 3 aromatic carbocycles. The first kappa shape index (κ1) is 29.5. The Hall–Kier alpha value is -3.16. The first-order chi connectivity index (χ1) is 21.5. The third-order valence-electron chi connectivity index (χ3n) is 11.0. The van der Waals surface area contributed by atoms with E-state index in [9.17, 15) is 9.59 Å². The largest absolute Gasteiger partial charge is 0.345 e. The van der Waals surface area contributed by atoms with Gasteiger partial charge in [-0.2, -0.15) is 0 Å². The van der Waals surface area contributed by atoms with Crippen molar-refractivity contribution in [2.24, 2.45) is 11.8 Å². The van der Waals surface area contributed by atoms with Crippen LogP contribution in [0.1, 0.15) is 67.6 Å². The Morgan fingerprint density at radius 3 is 2.43 bits per heavy atom. The second kappa shape index (κ2) is 12.7. The number of rotatable bonds is 4. The Morgan fingerprint density at radius 1 is 0.909 bits per heavy atom. The molecule has 44 heavy (non-hydrogen) atoms. The Labute approximate surface area is 269 Å². The number of para-hydroxylation sites is 1. The van der Waals surface area contributed by atoms with Gasteiger partial charge in [0.15, 0.2) is 0 Å². The summed E-state index contributed by atoms with van der Waals surface area (Å²) in [6.45, 7) is 3.46. The van der Waals surface area contributed by atoms with Gasteiger partial charge < -0.3 is 20.4 Å². The number of likely N-dealkylation sites (tertiary alicyclic amines) is 1. The molecule has 0 radical (unpaired) electrons. The molecule has 0 bridgehead atoms. The molecule has 3 aromatic rings. The second-order valence-corrected chi connectivity index (χ2v) is 14.4. The minimum atomic E-state index is -0.424. The van der Waals surface area contributed by atoms with Crippen molar-refractivity contribution >= 4 is 33.6 Å². The maximum atomic E-state index is 15.0. The zero-order chi connectivity index (χ0) is 30.1. The van der Waals surface area contributed by atoms with Crippen molar-refractivity contribution in [3.05, 3.63) is 100 Å². The number of fused-ring (bicyclic) bond motifs is 2. The van der Waals surface area contributed by atoms with Gasteiger partial charge in [0, 0.05) is 35.8 Å². The highest BCUT2D eigenvalue weighted by molar-refractivity contribution is 9.10. The number of benzene rings is 3. The van der Waals surface area contributed by atoms with Gasteiger partial charge in [-0.3, -0.25) is 4.79 Å². The van der Waals surface area contributed by atoms with Crippen LogP contribution >= 0.6 is 15.9 Å². The Bertz CT molecular complexity index is 1480. The fraction of sp³-hybridized carbons (Fsp3) is 0.459. The number of carbonyl (C=O) groups excluding carboxylic acids is 2. The molecule has 1 spiro atoms. The zero-order valence-electron chi connectivity index (χ0n) is 25.5. The average molecular weight is 657 g/mol. The van der Waals surface area contributed by atoms with Crippen LogP contribution in [0.2, 0.25) is 0 Å². The molecule has 230 valence electrons. The minimum Gasteiger partial charge on any atom is -0.345 e. The van der Waals surface area contributed by atoms with Crippen molar-refractivity contribution in [1.29, 1.82) is 0 Å². The van der Waals surface area contributed by atoms with Crippen molar-refractivity contribution in [3.63, 3.8) is 0 Å². The van der Waals surface area contributed by atoms with Gasteiger partial charge in [-0.15, -0.1) is 0 Å². The predicted octanol–water partition coefficient (Wildman–Crippen LogP) is 6.28. The molecule has 2 saturated heterocycles. The van der Waals surface area contributed by atoms with Gasteiger partial charge in [-0.25, -0.2) is 4.79 Å². The number of nitrogens with two attached hydrogens (primary N) is 1. The van der Waals surface area contributed by atoms with E-state index in [0.29, 0.717) is 30.8 Å². The average Bonchev–Trinajstić information content (AvgIpc) is 3.48. The van der Waals surface area contributed by atoms with Crippen LogP contribution in [-0.2, 0) is 16.8 Å². The molecule has 1 saturated carbocycles. The number of hydrogen-bond donors (Lipinski definition) is 2. The molecule has 3 aliphatic heterocycles. The van der Waals surface area contributed by atoms with E-state index in [-0.39, 0.29) is 18.0 Å². The summed E-state index contributed by atoms with van der Waals surface area (Å²) >= 11 is 3.68. The van der Waals surface area contributed by atoms with Crippen molar-refractivity contribution in [3.8, 4) is 0 Å². The van der Waals surface area contributed by atoms with Crippen LogP contribution in [0.15, 0.2) is 83.3 Å². The normalized spacial score (nSPS) is 27.2. The van der Waals surface area contributed by atoms with E-state index < -0.39 is 5.41 Å². The molecule has 1 unspecified atom stereocenters.